The molecule has 1 amide bonds. The Labute approximate surface area is 125 Å². The third kappa shape index (κ3) is 4.39. The Morgan fingerprint density at radius 3 is 2.90 bits per heavy atom. The molecule has 0 aliphatic carbocycles. The fourth-order valence-corrected chi connectivity index (χ4v) is 2.65. The number of nitrogens with zero attached hydrogens (tertiary/aromatic N) is 5. The Kier molecular flexibility index (Phi) is 5.46. The van der Waals surface area contributed by atoms with Gasteiger partial charge in [0.2, 0.25) is 5.91 Å². The summed E-state index contributed by atoms with van der Waals surface area (Å²) in [6, 6.07) is 10.2. The van der Waals surface area contributed by atoms with Crippen molar-refractivity contribution in [2.45, 2.75) is 12.8 Å². The van der Waals surface area contributed by atoms with E-state index in [1.807, 2.05) is 23.1 Å². The van der Waals surface area contributed by atoms with Gasteiger partial charge in [-0.25, -0.2) is 0 Å². The van der Waals surface area contributed by atoms with Gasteiger partial charge in [0.15, 0.2) is 0 Å². The number of para-hydroxylation sites is 1. The first-order valence-corrected chi connectivity index (χ1v) is 7.25. The molecule has 112 valence electrons. The molecule has 0 spiro atoms. The second-order valence-corrected chi connectivity index (χ2v) is 5.43. The number of azide groups is 1. The summed E-state index contributed by atoms with van der Waals surface area (Å²) < 4.78 is 0. The molecule has 1 heterocycles. The van der Waals surface area contributed by atoms with Crippen molar-refractivity contribution < 1.29 is 4.79 Å². The first-order valence-electron chi connectivity index (χ1n) is 7.25. The van der Waals surface area contributed by atoms with Gasteiger partial charge in [0.25, 0.3) is 0 Å². The summed E-state index contributed by atoms with van der Waals surface area (Å²) in [4.78, 5) is 18.7. The zero-order chi connectivity index (χ0) is 15.1. The lowest BCUT2D eigenvalue weighted by atomic mass is 10.1. The van der Waals surface area contributed by atoms with Crippen molar-refractivity contribution in [1.82, 2.24) is 4.90 Å². The third-order valence-electron chi connectivity index (χ3n) is 3.82. The van der Waals surface area contributed by atoms with E-state index < -0.39 is 0 Å². The molecule has 1 atom stereocenters. The molecule has 1 aliphatic rings. The van der Waals surface area contributed by atoms with Crippen molar-refractivity contribution in [3.05, 3.63) is 40.8 Å². The summed E-state index contributed by atoms with van der Waals surface area (Å²) in [5.74, 6) is 0.357. The Balaban J connectivity index is 1.73. The van der Waals surface area contributed by atoms with Crippen LogP contribution in [0.4, 0.5) is 5.69 Å². The minimum atomic E-state index is 0.176. The van der Waals surface area contributed by atoms with E-state index >= 15 is 0 Å². The molecule has 1 aromatic carbocycles. The van der Waals surface area contributed by atoms with Crippen LogP contribution in [-0.2, 0) is 4.79 Å². The van der Waals surface area contributed by atoms with Gasteiger partial charge in [-0.1, -0.05) is 23.3 Å². The Morgan fingerprint density at radius 2 is 2.19 bits per heavy atom. The van der Waals surface area contributed by atoms with Crippen LogP contribution in [0, 0.1) is 5.92 Å². The zero-order valence-electron chi connectivity index (χ0n) is 12.4. The van der Waals surface area contributed by atoms with Gasteiger partial charge in [-0.2, -0.15) is 0 Å². The molecule has 1 aliphatic heterocycles. The molecule has 1 saturated heterocycles. The molecule has 6 nitrogen and oxygen atoms in total. The highest BCUT2D eigenvalue weighted by Gasteiger charge is 2.28. The van der Waals surface area contributed by atoms with Gasteiger partial charge in [0.1, 0.15) is 0 Å². The second kappa shape index (κ2) is 7.55. The van der Waals surface area contributed by atoms with Crippen LogP contribution < -0.4 is 4.90 Å². The van der Waals surface area contributed by atoms with E-state index in [2.05, 4.69) is 34.1 Å². The number of amides is 1. The first-order chi connectivity index (χ1) is 10.2. The number of hydrogen-bond donors (Lipinski definition) is 0. The lowest BCUT2D eigenvalue weighted by Gasteiger charge is -2.22. The lowest BCUT2D eigenvalue weighted by molar-refractivity contribution is -0.127. The van der Waals surface area contributed by atoms with Gasteiger partial charge in [-0.15, -0.1) is 0 Å². The molecule has 1 unspecified atom stereocenters. The van der Waals surface area contributed by atoms with Crippen LogP contribution in [0.5, 0.6) is 0 Å². The van der Waals surface area contributed by atoms with Crippen LogP contribution in [0.3, 0.4) is 0 Å². The fraction of sp³-hybridized carbons (Fsp3) is 0.533. The number of anilines is 1. The average Bonchev–Trinajstić information content (AvgIpc) is 2.86. The van der Waals surface area contributed by atoms with Crippen LogP contribution in [0.2, 0.25) is 0 Å². The minimum absolute atomic E-state index is 0.176. The molecule has 6 heteroatoms. The summed E-state index contributed by atoms with van der Waals surface area (Å²) in [5.41, 5.74) is 9.51. The number of carbonyl (C=O) groups excluding carboxylic acids is 1. The van der Waals surface area contributed by atoms with Crippen molar-refractivity contribution in [3.63, 3.8) is 0 Å². The van der Waals surface area contributed by atoms with Gasteiger partial charge in [0.05, 0.1) is 0 Å². The van der Waals surface area contributed by atoms with E-state index in [9.17, 15) is 4.79 Å². The number of likely N-dealkylation sites (tertiary alicyclic amines) is 1. The summed E-state index contributed by atoms with van der Waals surface area (Å²) in [5, 5.41) is 3.56. The van der Waals surface area contributed by atoms with E-state index in [1.165, 1.54) is 5.69 Å². The predicted molar refractivity (Wildman–Crippen MR) is 83.0 cm³/mol. The largest absolute Gasteiger partial charge is 0.375 e. The number of carbonyl (C=O) groups is 1. The number of benzene rings is 1. The first kappa shape index (κ1) is 15.2. The molecule has 0 bridgehead atoms. The average molecular weight is 287 g/mol. The van der Waals surface area contributed by atoms with Crippen LogP contribution in [-0.4, -0.2) is 44.0 Å². The van der Waals surface area contributed by atoms with Crippen LogP contribution >= 0.6 is 0 Å². The minimum Gasteiger partial charge on any atom is -0.375 e. The highest BCUT2D eigenvalue weighted by molar-refractivity contribution is 5.78. The van der Waals surface area contributed by atoms with Gasteiger partial charge >= 0.3 is 0 Å². The zero-order valence-corrected chi connectivity index (χ0v) is 12.4. The highest BCUT2D eigenvalue weighted by atomic mass is 16.2. The molecule has 2 rings (SSSR count). The fourth-order valence-electron chi connectivity index (χ4n) is 2.65. The SMILES string of the molecule is CN(CCCN1CC(CN=[N+]=[N-])CC1=O)c1ccccc1. The van der Waals surface area contributed by atoms with E-state index in [-0.39, 0.29) is 11.8 Å². The standard InChI is InChI=1S/C15H21N5O/c1-19(14-6-3-2-4-7-14)8-5-9-20-12-13(10-15(20)21)11-17-18-16/h2-4,6-7,13H,5,8-12H2,1H3. The molecular weight excluding hydrogens is 266 g/mol. The molecular formula is C15H21N5O. The van der Waals surface area contributed by atoms with E-state index in [1.54, 1.807) is 0 Å². The van der Waals surface area contributed by atoms with Gasteiger partial charge in [-0.3, -0.25) is 4.79 Å². The maximum Gasteiger partial charge on any atom is 0.222 e. The monoisotopic (exact) mass is 287 g/mol. The van der Waals surface area contributed by atoms with Crippen LogP contribution in [0.25, 0.3) is 10.4 Å². The maximum absolute atomic E-state index is 11.9. The smallest absolute Gasteiger partial charge is 0.222 e. The molecule has 0 saturated carbocycles. The molecule has 0 N–H and O–H groups in total. The van der Waals surface area contributed by atoms with E-state index in [0.717, 1.165) is 19.5 Å². The molecule has 0 radical (unpaired) electrons. The van der Waals surface area contributed by atoms with Crippen molar-refractivity contribution in [2.24, 2.45) is 11.0 Å². The summed E-state index contributed by atoms with van der Waals surface area (Å²) in [6.45, 7) is 2.81. The molecule has 1 aromatic rings. The topological polar surface area (TPSA) is 72.3 Å². The second-order valence-electron chi connectivity index (χ2n) is 5.43. The lowest BCUT2D eigenvalue weighted by Crippen LogP contribution is -2.29. The predicted octanol–water partition coefficient (Wildman–Crippen LogP) is 2.67. The van der Waals surface area contributed by atoms with Gasteiger partial charge < -0.3 is 9.80 Å². The third-order valence-corrected chi connectivity index (χ3v) is 3.82. The van der Waals surface area contributed by atoms with Crippen molar-refractivity contribution >= 4 is 11.6 Å². The van der Waals surface area contributed by atoms with Crippen molar-refractivity contribution in [2.75, 3.05) is 38.1 Å². The molecule has 1 fully saturated rings. The van der Waals surface area contributed by atoms with E-state index in [0.29, 0.717) is 19.5 Å². The van der Waals surface area contributed by atoms with E-state index in [4.69, 9.17) is 5.53 Å². The van der Waals surface area contributed by atoms with Crippen LogP contribution in [0.1, 0.15) is 12.8 Å². The number of rotatable bonds is 7. The van der Waals surface area contributed by atoms with Gasteiger partial charge in [0, 0.05) is 50.2 Å². The Morgan fingerprint density at radius 1 is 1.43 bits per heavy atom. The normalized spacial score (nSPS) is 17.7. The Bertz CT molecular complexity index is 512. The number of hydrogen-bond acceptors (Lipinski definition) is 3. The van der Waals surface area contributed by atoms with Crippen molar-refractivity contribution in [3.8, 4) is 0 Å². The molecule has 21 heavy (non-hydrogen) atoms. The quantitative estimate of drug-likeness (QED) is 0.439. The van der Waals surface area contributed by atoms with Gasteiger partial charge in [-0.05, 0) is 30.0 Å². The van der Waals surface area contributed by atoms with Crippen LogP contribution in [0.15, 0.2) is 35.4 Å². The highest BCUT2D eigenvalue weighted by Crippen LogP contribution is 2.19. The summed E-state index contributed by atoms with van der Waals surface area (Å²) in [6.07, 6.45) is 1.44. The summed E-state index contributed by atoms with van der Waals surface area (Å²) in [7, 11) is 2.06. The maximum atomic E-state index is 11.9. The molecule has 0 aromatic heterocycles. The Hall–Kier alpha value is -2.20. The summed E-state index contributed by atoms with van der Waals surface area (Å²) >= 11 is 0. The van der Waals surface area contributed by atoms with Crippen molar-refractivity contribution in [1.29, 1.82) is 0 Å².